The van der Waals surface area contributed by atoms with Crippen molar-refractivity contribution in [2.45, 2.75) is 19.9 Å². The molecule has 0 heterocycles. The minimum absolute atomic E-state index is 0.0621. The highest BCUT2D eigenvalue weighted by atomic mass is 19.2. The van der Waals surface area contributed by atoms with Crippen LogP contribution in [0.5, 0.6) is 0 Å². The van der Waals surface area contributed by atoms with E-state index in [1.54, 1.807) is 13.8 Å². The molecule has 0 unspecified atom stereocenters. The molecule has 82 valence electrons. The Morgan fingerprint density at radius 2 is 1.87 bits per heavy atom. The van der Waals surface area contributed by atoms with Crippen molar-refractivity contribution >= 4 is 11.7 Å². The molecule has 0 spiro atoms. The summed E-state index contributed by atoms with van der Waals surface area (Å²) in [5, 5.41) is 11.5. The van der Waals surface area contributed by atoms with Crippen LogP contribution in [0.4, 0.5) is 14.5 Å². The summed E-state index contributed by atoms with van der Waals surface area (Å²) in [7, 11) is 0. The number of aromatic carboxylic acids is 1. The molecule has 0 aliphatic heterocycles. The Hall–Kier alpha value is -1.65. The highest BCUT2D eigenvalue weighted by Gasteiger charge is 2.15. The highest BCUT2D eigenvalue weighted by molar-refractivity contribution is 5.94. The van der Waals surface area contributed by atoms with Crippen molar-refractivity contribution in [3.8, 4) is 0 Å². The Morgan fingerprint density at radius 1 is 1.33 bits per heavy atom. The Morgan fingerprint density at radius 3 is 2.33 bits per heavy atom. The summed E-state index contributed by atoms with van der Waals surface area (Å²) < 4.78 is 25.7. The van der Waals surface area contributed by atoms with Gasteiger partial charge in [-0.05, 0) is 19.9 Å². The van der Waals surface area contributed by atoms with Crippen molar-refractivity contribution in [3.05, 3.63) is 29.3 Å². The van der Waals surface area contributed by atoms with Crippen LogP contribution in [-0.2, 0) is 0 Å². The van der Waals surface area contributed by atoms with Crippen LogP contribution in [0.25, 0.3) is 0 Å². The van der Waals surface area contributed by atoms with Crippen molar-refractivity contribution in [1.82, 2.24) is 0 Å². The third-order valence-electron chi connectivity index (χ3n) is 1.74. The van der Waals surface area contributed by atoms with Gasteiger partial charge in [-0.2, -0.15) is 0 Å². The highest BCUT2D eigenvalue weighted by Crippen LogP contribution is 2.20. The van der Waals surface area contributed by atoms with Crippen LogP contribution in [0.15, 0.2) is 12.1 Å². The summed E-state index contributed by atoms with van der Waals surface area (Å²) in [5.74, 6) is -3.53. The molecule has 1 rings (SSSR count). The molecule has 0 saturated carbocycles. The van der Waals surface area contributed by atoms with Crippen LogP contribution >= 0.6 is 0 Å². The number of carboxylic acid groups (broad SMARTS) is 1. The maximum atomic E-state index is 12.9. The van der Waals surface area contributed by atoms with E-state index in [0.717, 1.165) is 6.07 Å². The number of carbonyl (C=O) groups is 1. The van der Waals surface area contributed by atoms with Gasteiger partial charge in [0.05, 0.1) is 11.3 Å². The van der Waals surface area contributed by atoms with Gasteiger partial charge in [-0.25, -0.2) is 13.6 Å². The summed E-state index contributed by atoms with van der Waals surface area (Å²) in [6.45, 7) is 3.54. The second-order valence-corrected chi connectivity index (χ2v) is 3.42. The summed E-state index contributed by atoms with van der Waals surface area (Å²) in [6, 6.07) is 1.45. The monoisotopic (exact) mass is 215 g/mol. The van der Waals surface area contributed by atoms with Crippen LogP contribution in [0, 0.1) is 11.6 Å². The average Bonchev–Trinajstić information content (AvgIpc) is 2.09. The molecule has 0 amide bonds. The molecule has 0 aromatic heterocycles. The first-order chi connectivity index (χ1) is 6.91. The number of nitrogens with one attached hydrogen (secondary N) is 1. The molecule has 3 nitrogen and oxygen atoms in total. The number of hydrogen-bond acceptors (Lipinski definition) is 2. The van der Waals surface area contributed by atoms with Gasteiger partial charge in [-0.3, -0.25) is 0 Å². The van der Waals surface area contributed by atoms with E-state index in [2.05, 4.69) is 5.32 Å². The second kappa shape index (κ2) is 4.25. The van der Waals surface area contributed by atoms with Gasteiger partial charge >= 0.3 is 5.97 Å². The second-order valence-electron chi connectivity index (χ2n) is 3.42. The zero-order chi connectivity index (χ0) is 11.6. The fourth-order valence-electron chi connectivity index (χ4n) is 1.15. The fourth-order valence-corrected chi connectivity index (χ4v) is 1.15. The molecule has 1 aromatic rings. The molecule has 1 aromatic carbocycles. The van der Waals surface area contributed by atoms with E-state index >= 15 is 0 Å². The normalized spacial score (nSPS) is 10.5. The van der Waals surface area contributed by atoms with E-state index in [4.69, 9.17) is 5.11 Å². The first kappa shape index (κ1) is 11.4. The zero-order valence-corrected chi connectivity index (χ0v) is 8.34. The zero-order valence-electron chi connectivity index (χ0n) is 8.34. The van der Waals surface area contributed by atoms with Gasteiger partial charge in [0.25, 0.3) is 0 Å². The lowest BCUT2D eigenvalue weighted by Gasteiger charge is -2.12. The minimum atomic E-state index is -1.29. The standard InChI is InChI=1S/C10H11F2NO2/c1-5(2)13-9-4-8(12)7(11)3-6(9)10(14)15/h3-5,13H,1-2H3,(H,14,15). The molecule has 15 heavy (non-hydrogen) atoms. The van der Waals surface area contributed by atoms with Gasteiger partial charge in [-0.15, -0.1) is 0 Å². The van der Waals surface area contributed by atoms with Gasteiger partial charge < -0.3 is 10.4 Å². The van der Waals surface area contributed by atoms with Gasteiger partial charge in [-0.1, -0.05) is 0 Å². The SMILES string of the molecule is CC(C)Nc1cc(F)c(F)cc1C(=O)O. The summed E-state index contributed by atoms with van der Waals surface area (Å²) in [5.41, 5.74) is -0.195. The van der Waals surface area contributed by atoms with Gasteiger partial charge in [0.2, 0.25) is 0 Å². The van der Waals surface area contributed by atoms with Crippen molar-refractivity contribution in [2.75, 3.05) is 5.32 Å². The summed E-state index contributed by atoms with van der Waals surface area (Å²) in [6.07, 6.45) is 0. The Bertz CT molecular complexity index is 391. The van der Waals surface area contributed by atoms with Gasteiger partial charge in [0.15, 0.2) is 11.6 Å². The van der Waals surface area contributed by atoms with Crippen molar-refractivity contribution in [2.24, 2.45) is 0 Å². The molecule has 0 fully saturated rings. The Labute approximate surface area is 85.7 Å². The van der Waals surface area contributed by atoms with Crippen molar-refractivity contribution in [1.29, 1.82) is 0 Å². The molecule has 0 atom stereocenters. The number of halogens is 2. The van der Waals surface area contributed by atoms with E-state index in [1.165, 1.54) is 0 Å². The number of rotatable bonds is 3. The maximum Gasteiger partial charge on any atom is 0.337 e. The summed E-state index contributed by atoms with van der Waals surface area (Å²) >= 11 is 0. The predicted octanol–water partition coefficient (Wildman–Crippen LogP) is 2.48. The lowest BCUT2D eigenvalue weighted by atomic mass is 10.1. The third kappa shape index (κ3) is 2.65. The van der Waals surface area contributed by atoms with Crippen molar-refractivity contribution in [3.63, 3.8) is 0 Å². The number of anilines is 1. The first-order valence-corrected chi connectivity index (χ1v) is 4.40. The van der Waals surface area contributed by atoms with E-state index in [0.29, 0.717) is 6.07 Å². The number of carboxylic acids is 1. The molecule has 0 bridgehead atoms. The molecule has 0 radical (unpaired) electrons. The maximum absolute atomic E-state index is 12.9. The largest absolute Gasteiger partial charge is 0.478 e. The fraction of sp³-hybridized carbons (Fsp3) is 0.300. The summed E-state index contributed by atoms with van der Waals surface area (Å²) in [4.78, 5) is 10.7. The predicted molar refractivity (Wildman–Crippen MR) is 52.1 cm³/mol. The van der Waals surface area contributed by atoms with E-state index < -0.39 is 17.6 Å². The number of hydrogen-bond donors (Lipinski definition) is 2. The minimum Gasteiger partial charge on any atom is -0.478 e. The lowest BCUT2D eigenvalue weighted by molar-refractivity contribution is 0.0697. The molecular weight excluding hydrogens is 204 g/mol. The van der Waals surface area contributed by atoms with Gasteiger partial charge in [0, 0.05) is 12.1 Å². The smallest absolute Gasteiger partial charge is 0.337 e. The average molecular weight is 215 g/mol. The molecule has 0 saturated heterocycles. The van der Waals surface area contributed by atoms with Crippen LogP contribution in [-0.4, -0.2) is 17.1 Å². The first-order valence-electron chi connectivity index (χ1n) is 4.40. The molecule has 2 N–H and O–H groups in total. The number of benzene rings is 1. The van der Waals surface area contributed by atoms with Crippen LogP contribution in [0.3, 0.4) is 0 Å². The van der Waals surface area contributed by atoms with Crippen LogP contribution < -0.4 is 5.32 Å². The quantitative estimate of drug-likeness (QED) is 0.814. The van der Waals surface area contributed by atoms with E-state index in [9.17, 15) is 13.6 Å². The Kier molecular flexibility index (Phi) is 3.24. The third-order valence-corrected chi connectivity index (χ3v) is 1.74. The van der Waals surface area contributed by atoms with Crippen LogP contribution in [0.2, 0.25) is 0 Å². The lowest BCUT2D eigenvalue weighted by Crippen LogP contribution is -2.14. The topological polar surface area (TPSA) is 49.3 Å². The van der Waals surface area contributed by atoms with Crippen molar-refractivity contribution < 1.29 is 18.7 Å². The molecule has 5 heteroatoms. The molecule has 0 aliphatic rings. The molecular formula is C10H11F2NO2. The van der Waals surface area contributed by atoms with Crippen LogP contribution in [0.1, 0.15) is 24.2 Å². The van der Waals surface area contributed by atoms with Gasteiger partial charge in [0.1, 0.15) is 0 Å². The van der Waals surface area contributed by atoms with E-state index in [-0.39, 0.29) is 17.3 Å². The molecule has 0 aliphatic carbocycles. The van der Waals surface area contributed by atoms with E-state index in [1.807, 2.05) is 0 Å². The Balaban J connectivity index is 3.22.